The molecule has 2 aliphatic heterocycles. The number of hydrogen-bond acceptors (Lipinski definition) is 6. The van der Waals surface area contributed by atoms with Gasteiger partial charge in [-0.2, -0.15) is 0 Å². The first-order valence-corrected chi connectivity index (χ1v) is 11.4. The molecule has 0 amide bonds. The zero-order chi connectivity index (χ0) is 23.4. The number of benzene rings is 3. The van der Waals surface area contributed by atoms with Crippen LogP contribution < -0.4 is 0 Å². The third kappa shape index (κ3) is 3.51. The fraction of sp³-hybridized carbons (Fsp3) is 0.286. The van der Waals surface area contributed by atoms with E-state index in [1.54, 1.807) is 36.4 Å². The van der Waals surface area contributed by atoms with Crippen LogP contribution in [0.25, 0.3) is 0 Å². The van der Waals surface area contributed by atoms with Gasteiger partial charge < -0.3 is 18.9 Å². The summed E-state index contributed by atoms with van der Waals surface area (Å²) in [4.78, 5) is 26.2. The van der Waals surface area contributed by atoms with Crippen molar-refractivity contribution in [1.82, 2.24) is 0 Å². The minimum Gasteiger partial charge on any atom is -0.368 e. The molecule has 6 nitrogen and oxygen atoms in total. The lowest BCUT2D eigenvalue weighted by Gasteiger charge is -2.27. The Morgan fingerprint density at radius 2 is 1.44 bits per heavy atom. The van der Waals surface area contributed by atoms with E-state index < -0.39 is 30.4 Å². The number of fused-ring (bicyclic) bond motifs is 3. The first kappa shape index (κ1) is 21.4. The molecule has 1 aliphatic carbocycles. The summed E-state index contributed by atoms with van der Waals surface area (Å²) in [6, 6.07) is 22.1. The molecule has 34 heavy (non-hydrogen) atoms. The van der Waals surface area contributed by atoms with Crippen molar-refractivity contribution in [2.45, 2.75) is 50.8 Å². The Balaban J connectivity index is 1.34. The highest BCUT2D eigenvalue weighted by molar-refractivity contribution is 6.28. The average Bonchev–Trinajstić information content (AvgIpc) is 3.33. The first-order chi connectivity index (χ1) is 16.4. The van der Waals surface area contributed by atoms with Crippen LogP contribution in [-0.2, 0) is 25.6 Å². The normalized spacial score (nSPS) is 26.8. The van der Waals surface area contributed by atoms with Crippen LogP contribution in [0.15, 0.2) is 72.8 Å². The Kier molecular flexibility index (Phi) is 5.00. The molecule has 0 bridgehead atoms. The molecule has 3 aromatic rings. The third-order valence-corrected chi connectivity index (χ3v) is 6.55. The fourth-order valence-electron chi connectivity index (χ4n) is 4.99. The van der Waals surface area contributed by atoms with E-state index in [0.717, 1.165) is 11.1 Å². The van der Waals surface area contributed by atoms with Crippen LogP contribution in [0.5, 0.6) is 0 Å². The largest absolute Gasteiger partial charge is 0.368 e. The van der Waals surface area contributed by atoms with Gasteiger partial charge in [0, 0.05) is 22.3 Å². The standard InChI is InChI=1S/C28H24O6/c1-28(2)33-26-25(31-15-16-8-4-3-5-9-16)24(32-27(26)34-28)17-12-13-20-21(14-17)23(30)19-11-7-6-10-18(19)22(20)29/h3-14,24-27H,15H2,1-2H3/t24-,25+,26-,27-/m1/s1. The number of rotatable bonds is 4. The molecule has 2 saturated heterocycles. The predicted molar refractivity (Wildman–Crippen MR) is 122 cm³/mol. The van der Waals surface area contributed by atoms with Gasteiger partial charge in [-0.1, -0.05) is 60.7 Å². The van der Waals surface area contributed by atoms with Crippen molar-refractivity contribution in [1.29, 1.82) is 0 Å². The van der Waals surface area contributed by atoms with Crippen molar-refractivity contribution >= 4 is 11.6 Å². The lowest BCUT2D eigenvalue weighted by Crippen LogP contribution is -2.33. The maximum absolute atomic E-state index is 13.2. The van der Waals surface area contributed by atoms with Crippen LogP contribution in [0.1, 0.15) is 62.9 Å². The molecule has 6 heteroatoms. The van der Waals surface area contributed by atoms with Crippen molar-refractivity contribution in [3.63, 3.8) is 0 Å². The van der Waals surface area contributed by atoms with E-state index in [4.69, 9.17) is 18.9 Å². The molecule has 0 aromatic heterocycles. The summed E-state index contributed by atoms with van der Waals surface area (Å²) in [6.07, 6.45) is -1.97. The highest BCUT2D eigenvalue weighted by Gasteiger charge is 2.56. The highest BCUT2D eigenvalue weighted by Crippen LogP contribution is 2.45. The maximum Gasteiger partial charge on any atom is 0.194 e. The van der Waals surface area contributed by atoms with Crippen LogP contribution in [-0.4, -0.2) is 35.9 Å². The van der Waals surface area contributed by atoms with Gasteiger partial charge in [0.25, 0.3) is 0 Å². The van der Waals surface area contributed by atoms with Crippen LogP contribution in [0.4, 0.5) is 0 Å². The van der Waals surface area contributed by atoms with E-state index in [-0.39, 0.29) is 11.6 Å². The summed E-state index contributed by atoms with van der Waals surface area (Å²) in [5.41, 5.74) is 3.42. The Hall–Kier alpha value is -3.16. The number of carbonyl (C=O) groups is 2. The summed E-state index contributed by atoms with van der Waals surface area (Å²) >= 11 is 0. The smallest absolute Gasteiger partial charge is 0.194 e. The Labute approximate surface area is 197 Å². The van der Waals surface area contributed by atoms with Crippen molar-refractivity contribution in [2.75, 3.05) is 0 Å². The van der Waals surface area contributed by atoms with E-state index in [9.17, 15) is 9.59 Å². The zero-order valence-electron chi connectivity index (χ0n) is 18.9. The van der Waals surface area contributed by atoms with Gasteiger partial charge >= 0.3 is 0 Å². The van der Waals surface area contributed by atoms with Gasteiger partial charge in [0.05, 0.1) is 6.61 Å². The molecule has 3 aromatic carbocycles. The molecule has 2 fully saturated rings. The number of hydrogen-bond donors (Lipinski definition) is 0. The van der Waals surface area contributed by atoms with Crippen molar-refractivity contribution in [3.05, 3.63) is 106 Å². The lowest BCUT2D eigenvalue weighted by molar-refractivity contribution is -0.220. The van der Waals surface area contributed by atoms with Crippen molar-refractivity contribution < 1.29 is 28.5 Å². The second-order valence-corrected chi connectivity index (χ2v) is 9.30. The maximum atomic E-state index is 13.2. The summed E-state index contributed by atoms with van der Waals surface area (Å²) < 4.78 is 24.7. The third-order valence-electron chi connectivity index (χ3n) is 6.55. The highest BCUT2D eigenvalue weighted by atomic mass is 16.8. The molecule has 172 valence electrons. The molecule has 0 radical (unpaired) electrons. The Morgan fingerprint density at radius 1 is 0.794 bits per heavy atom. The van der Waals surface area contributed by atoms with E-state index in [0.29, 0.717) is 28.9 Å². The van der Waals surface area contributed by atoms with E-state index in [1.165, 1.54) is 0 Å². The topological polar surface area (TPSA) is 71.1 Å². The van der Waals surface area contributed by atoms with Gasteiger partial charge in [0.1, 0.15) is 18.3 Å². The summed E-state index contributed by atoms with van der Waals surface area (Å²) in [5.74, 6) is -1.09. The van der Waals surface area contributed by atoms with Gasteiger partial charge in [-0.3, -0.25) is 9.59 Å². The molecule has 0 N–H and O–H groups in total. The minimum atomic E-state index is -0.781. The molecule has 0 saturated carbocycles. The van der Waals surface area contributed by atoms with E-state index >= 15 is 0 Å². The van der Waals surface area contributed by atoms with Crippen LogP contribution in [0, 0.1) is 0 Å². The quantitative estimate of drug-likeness (QED) is 0.447. The Morgan fingerprint density at radius 3 is 2.18 bits per heavy atom. The number of carbonyl (C=O) groups excluding carboxylic acids is 2. The van der Waals surface area contributed by atoms with Crippen molar-refractivity contribution in [2.24, 2.45) is 0 Å². The lowest BCUT2D eigenvalue weighted by atomic mass is 9.82. The summed E-state index contributed by atoms with van der Waals surface area (Å²) in [7, 11) is 0. The predicted octanol–water partition coefficient (Wildman–Crippen LogP) is 4.60. The zero-order valence-corrected chi connectivity index (χ0v) is 18.9. The summed E-state index contributed by atoms with van der Waals surface area (Å²) in [6.45, 7) is 4.07. The molecular formula is C28H24O6. The molecule has 2 heterocycles. The number of ketones is 2. The minimum absolute atomic E-state index is 0.147. The molecule has 0 spiro atoms. The molecular weight excluding hydrogens is 432 g/mol. The van der Waals surface area contributed by atoms with Gasteiger partial charge in [-0.25, -0.2) is 0 Å². The van der Waals surface area contributed by atoms with E-state index in [2.05, 4.69) is 0 Å². The molecule has 4 atom stereocenters. The SMILES string of the molecule is CC1(C)O[C@H]2O[C@H](c3ccc4c(c3)C(=O)c3ccccc3C4=O)[C@H](OCc3ccccc3)[C@H]2O1. The molecule has 0 unspecified atom stereocenters. The van der Waals surface area contributed by atoms with Crippen LogP contribution in [0.3, 0.4) is 0 Å². The second-order valence-electron chi connectivity index (χ2n) is 9.30. The van der Waals surface area contributed by atoms with Gasteiger partial charge in [0.15, 0.2) is 23.6 Å². The van der Waals surface area contributed by atoms with Gasteiger partial charge in [0.2, 0.25) is 0 Å². The average molecular weight is 456 g/mol. The van der Waals surface area contributed by atoms with Gasteiger partial charge in [-0.05, 0) is 37.1 Å². The monoisotopic (exact) mass is 456 g/mol. The summed E-state index contributed by atoms with van der Waals surface area (Å²) in [5, 5.41) is 0. The van der Waals surface area contributed by atoms with Crippen LogP contribution >= 0.6 is 0 Å². The Bertz CT molecular complexity index is 1280. The van der Waals surface area contributed by atoms with Crippen molar-refractivity contribution in [3.8, 4) is 0 Å². The first-order valence-electron chi connectivity index (χ1n) is 11.4. The van der Waals surface area contributed by atoms with Crippen LogP contribution in [0.2, 0.25) is 0 Å². The fourth-order valence-corrected chi connectivity index (χ4v) is 4.99. The second kappa shape index (κ2) is 7.96. The molecule has 6 rings (SSSR count). The molecule has 3 aliphatic rings. The van der Waals surface area contributed by atoms with Gasteiger partial charge in [-0.15, -0.1) is 0 Å². The van der Waals surface area contributed by atoms with E-state index in [1.807, 2.05) is 50.2 Å². The number of ether oxygens (including phenoxy) is 4.